The highest BCUT2D eigenvalue weighted by molar-refractivity contribution is 5.74. The van der Waals surface area contributed by atoms with E-state index in [1.165, 1.54) is 0 Å². The molecule has 2 rings (SSSR count). The van der Waals surface area contributed by atoms with Gasteiger partial charge in [-0.25, -0.2) is 4.79 Å². The van der Waals surface area contributed by atoms with Crippen molar-refractivity contribution < 1.29 is 19.4 Å². The SMILES string of the molecule is O=Cc1ccc(OCC2(NC(=O)O)CCCC2)cc1. The summed E-state index contributed by atoms with van der Waals surface area (Å²) >= 11 is 0. The molecule has 1 amide bonds. The van der Waals surface area contributed by atoms with Crippen LogP contribution in [0.3, 0.4) is 0 Å². The molecule has 0 saturated heterocycles. The van der Waals surface area contributed by atoms with E-state index < -0.39 is 11.6 Å². The Labute approximate surface area is 111 Å². The second kappa shape index (κ2) is 5.73. The minimum Gasteiger partial charge on any atom is -0.491 e. The Balaban J connectivity index is 1.98. The van der Waals surface area contributed by atoms with Crippen LogP contribution in [0.25, 0.3) is 0 Å². The Bertz CT molecular complexity index is 449. The van der Waals surface area contributed by atoms with Crippen molar-refractivity contribution in [2.45, 2.75) is 31.2 Å². The summed E-state index contributed by atoms with van der Waals surface area (Å²) in [5, 5.41) is 11.5. The van der Waals surface area contributed by atoms with E-state index in [1.54, 1.807) is 24.3 Å². The van der Waals surface area contributed by atoms with E-state index in [2.05, 4.69) is 5.32 Å². The number of hydrogen-bond acceptors (Lipinski definition) is 3. The summed E-state index contributed by atoms with van der Waals surface area (Å²) in [5.74, 6) is 0.643. The molecule has 1 fully saturated rings. The van der Waals surface area contributed by atoms with E-state index in [-0.39, 0.29) is 0 Å². The maximum atomic E-state index is 10.8. The minimum atomic E-state index is -1.01. The van der Waals surface area contributed by atoms with Crippen LogP contribution >= 0.6 is 0 Å². The molecule has 2 N–H and O–H groups in total. The van der Waals surface area contributed by atoms with Crippen LogP contribution < -0.4 is 10.1 Å². The first-order valence-corrected chi connectivity index (χ1v) is 6.33. The summed E-state index contributed by atoms with van der Waals surface area (Å²) in [6.45, 7) is 0.319. The normalized spacial score (nSPS) is 16.8. The molecule has 0 unspecified atom stereocenters. The number of aldehydes is 1. The van der Waals surface area contributed by atoms with Crippen LogP contribution in [0.1, 0.15) is 36.0 Å². The van der Waals surface area contributed by atoms with Crippen molar-refractivity contribution >= 4 is 12.4 Å². The highest BCUT2D eigenvalue weighted by Crippen LogP contribution is 2.30. The third-order valence-electron chi connectivity index (χ3n) is 3.46. The summed E-state index contributed by atoms with van der Waals surface area (Å²) < 4.78 is 5.65. The van der Waals surface area contributed by atoms with Crippen LogP contribution in [0.4, 0.5) is 4.79 Å². The summed E-state index contributed by atoms with van der Waals surface area (Å²) in [4.78, 5) is 21.4. The van der Waals surface area contributed by atoms with Crippen LogP contribution in [0.2, 0.25) is 0 Å². The average Bonchev–Trinajstić information content (AvgIpc) is 2.85. The Morgan fingerprint density at radius 2 is 1.95 bits per heavy atom. The molecular formula is C14H17NO4. The van der Waals surface area contributed by atoms with E-state index >= 15 is 0 Å². The Hall–Kier alpha value is -2.04. The van der Waals surface area contributed by atoms with E-state index in [9.17, 15) is 9.59 Å². The zero-order chi connectivity index (χ0) is 13.7. The number of amides is 1. The number of hydrogen-bond donors (Lipinski definition) is 2. The van der Waals surface area contributed by atoms with Crippen molar-refractivity contribution in [1.82, 2.24) is 5.32 Å². The van der Waals surface area contributed by atoms with Gasteiger partial charge in [-0.1, -0.05) is 12.8 Å². The van der Waals surface area contributed by atoms with Crippen molar-refractivity contribution in [2.24, 2.45) is 0 Å². The largest absolute Gasteiger partial charge is 0.491 e. The monoisotopic (exact) mass is 263 g/mol. The lowest BCUT2D eigenvalue weighted by Crippen LogP contribution is -2.50. The fourth-order valence-corrected chi connectivity index (χ4v) is 2.45. The summed E-state index contributed by atoms with van der Waals surface area (Å²) in [7, 11) is 0. The number of rotatable bonds is 5. The number of carbonyl (C=O) groups is 2. The minimum absolute atomic E-state index is 0.319. The molecular weight excluding hydrogens is 246 g/mol. The lowest BCUT2D eigenvalue weighted by atomic mass is 9.99. The van der Waals surface area contributed by atoms with Crippen molar-refractivity contribution in [3.05, 3.63) is 29.8 Å². The van der Waals surface area contributed by atoms with Gasteiger partial charge in [-0.2, -0.15) is 0 Å². The topological polar surface area (TPSA) is 75.6 Å². The summed E-state index contributed by atoms with van der Waals surface area (Å²) in [6, 6.07) is 6.78. The molecule has 1 aromatic rings. The molecule has 19 heavy (non-hydrogen) atoms. The maximum absolute atomic E-state index is 10.8. The van der Waals surface area contributed by atoms with Gasteiger partial charge in [-0.3, -0.25) is 4.79 Å². The number of carbonyl (C=O) groups excluding carboxylic acids is 1. The third-order valence-corrected chi connectivity index (χ3v) is 3.46. The van der Waals surface area contributed by atoms with E-state index in [1.807, 2.05) is 0 Å². The maximum Gasteiger partial charge on any atom is 0.405 e. The van der Waals surface area contributed by atoms with Crippen LogP contribution in [-0.4, -0.2) is 29.6 Å². The van der Waals surface area contributed by atoms with Gasteiger partial charge in [0.05, 0.1) is 5.54 Å². The standard InChI is InChI=1S/C14H17NO4/c16-9-11-3-5-12(6-4-11)19-10-14(15-13(17)18)7-1-2-8-14/h3-6,9,15H,1-2,7-8,10H2,(H,17,18). The molecule has 0 atom stereocenters. The highest BCUT2D eigenvalue weighted by Gasteiger charge is 2.36. The molecule has 5 nitrogen and oxygen atoms in total. The van der Waals surface area contributed by atoms with E-state index in [0.717, 1.165) is 32.0 Å². The molecule has 0 heterocycles. The lowest BCUT2D eigenvalue weighted by Gasteiger charge is -2.28. The van der Waals surface area contributed by atoms with E-state index in [4.69, 9.17) is 9.84 Å². The fourth-order valence-electron chi connectivity index (χ4n) is 2.45. The second-order valence-corrected chi connectivity index (χ2v) is 4.89. The van der Waals surface area contributed by atoms with Crippen LogP contribution in [0.5, 0.6) is 5.75 Å². The first-order chi connectivity index (χ1) is 9.13. The first-order valence-electron chi connectivity index (χ1n) is 6.33. The molecule has 1 saturated carbocycles. The van der Waals surface area contributed by atoms with Crippen molar-refractivity contribution in [3.63, 3.8) is 0 Å². The van der Waals surface area contributed by atoms with Gasteiger partial charge in [-0.15, -0.1) is 0 Å². The predicted octanol–water partition coefficient (Wildman–Crippen LogP) is 2.46. The summed E-state index contributed by atoms with van der Waals surface area (Å²) in [6.07, 6.45) is 3.37. The zero-order valence-electron chi connectivity index (χ0n) is 10.6. The van der Waals surface area contributed by atoms with Gasteiger partial charge >= 0.3 is 6.09 Å². The van der Waals surface area contributed by atoms with Crippen molar-refractivity contribution in [3.8, 4) is 5.75 Å². The smallest absolute Gasteiger partial charge is 0.405 e. The molecule has 1 aliphatic carbocycles. The molecule has 1 aliphatic rings. The molecule has 1 aromatic carbocycles. The molecule has 0 radical (unpaired) electrons. The van der Waals surface area contributed by atoms with Crippen LogP contribution in [0, 0.1) is 0 Å². The molecule has 0 aliphatic heterocycles. The first kappa shape index (κ1) is 13.4. The Morgan fingerprint density at radius 1 is 1.32 bits per heavy atom. The molecule has 102 valence electrons. The van der Waals surface area contributed by atoms with Gasteiger partial charge in [0.2, 0.25) is 0 Å². The fraction of sp³-hybridized carbons (Fsp3) is 0.429. The Kier molecular flexibility index (Phi) is 4.04. The number of ether oxygens (including phenoxy) is 1. The van der Waals surface area contributed by atoms with Gasteiger partial charge in [0.1, 0.15) is 18.6 Å². The second-order valence-electron chi connectivity index (χ2n) is 4.89. The Morgan fingerprint density at radius 3 is 2.47 bits per heavy atom. The van der Waals surface area contributed by atoms with Gasteiger partial charge in [0, 0.05) is 5.56 Å². The van der Waals surface area contributed by atoms with Gasteiger partial charge < -0.3 is 15.2 Å². The van der Waals surface area contributed by atoms with Crippen LogP contribution in [0.15, 0.2) is 24.3 Å². The predicted molar refractivity (Wildman–Crippen MR) is 69.7 cm³/mol. The van der Waals surface area contributed by atoms with Crippen molar-refractivity contribution in [2.75, 3.05) is 6.61 Å². The molecule has 5 heteroatoms. The van der Waals surface area contributed by atoms with Crippen LogP contribution in [-0.2, 0) is 0 Å². The quantitative estimate of drug-likeness (QED) is 0.800. The molecule has 0 spiro atoms. The summed E-state index contributed by atoms with van der Waals surface area (Å²) in [5.41, 5.74) is 0.112. The number of benzene rings is 1. The van der Waals surface area contributed by atoms with Gasteiger partial charge in [0.15, 0.2) is 0 Å². The lowest BCUT2D eigenvalue weighted by molar-refractivity contribution is 0.112. The third kappa shape index (κ3) is 3.47. The number of carboxylic acid groups (broad SMARTS) is 1. The van der Waals surface area contributed by atoms with E-state index in [0.29, 0.717) is 17.9 Å². The zero-order valence-corrected chi connectivity index (χ0v) is 10.6. The molecule has 0 bridgehead atoms. The van der Waals surface area contributed by atoms with Crippen molar-refractivity contribution in [1.29, 1.82) is 0 Å². The average molecular weight is 263 g/mol. The van der Waals surface area contributed by atoms with Gasteiger partial charge in [0.25, 0.3) is 0 Å². The molecule has 0 aromatic heterocycles. The number of nitrogens with one attached hydrogen (secondary N) is 1. The highest BCUT2D eigenvalue weighted by atomic mass is 16.5. The van der Waals surface area contributed by atoms with Gasteiger partial charge in [-0.05, 0) is 37.1 Å².